The number of thiophene rings is 1. The molecule has 0 radical (unpaired) electrons. The highest BCUT2D eigenvalue weighted by molar-refractivity contribution is 7.08. The molecule has 0 aliphatic carbocycles. The van der Waals surface area contributed by atoms with Gasteiger partial charge >= 0.3 is 12.1 Å². The number of carbonyl (C=O) groups excluding carboxylic acids is 2. The average Bonchev–Trinajstić information content (AvgIpc) is 3.41. The van der Waals surface area contributed by atoms with Crippen LogP contribution in [-0.2, 0) is 16.2 Å². The van der Waals surface area contributed by atoms with Crippen LogP contribution >= 0.6 is 11.3 Å². The lowest BCUT2D eigenvalue weighted by Crippen LogP contribution is -2.44. The van der Waals surface area contributed by atoms with Gasteiger partial charge in [-0.25, -0.2) is 5.48 Å². The van der Waals surface area contributed by atoms with Crippen molar-refractivity contribution in [3.8, 4) is 5.75 Å². The molecule has 2 amide bonds. The fraction of sp³-hybridized carbons (Fsp3) is 0.192. The number of hydroxylamine groups is 1. The maximum atomic E-state index is 13.6. The maximum absolute atomic E-state index is 13.6. The van der Waals surface area contributed by atoms with Crippen LogP contribution in [0.25, 0.3) is 10.9 Å². The number of aryl methyl sites for hydroxylation is 1. The van der Waals surface area contributed by atoms with Crippen LogP contribution in [0.2, 0.25) is 0 Å². The van der Waals surface area contributed by atoms with E-state index >= 15 is 0 Å². The molecule has 2 aromatic heterocycles. The number of carbonyl (C=O) groups is 2. The van der Waals surface area contributed by atoms with Gasteiger partial charge in [0.15, 0.2) is 0 Å². The van der Waals surface area contributed by atoms with Crippen LogP contribution in [0.3, 0.4) is 0 Å². The topological polar surface area (TPSA) is 91.8 Å². The Labute approximate surface area is 214 Å². The summed E-state index contributed by atoms with van der Waals surface area (Å²) in [5, 5.41) is 13.1. The monoisotopic (exact) mass is 529 g/mol. The molecule has 7 nitrogen and oxygen atoms in total. The van der Waals surface area contributed by atoms with Crippen molar-refractivity contribution in [1.29, 1.82) is 0 Å². The van der Waals surface area contributed by atoms with Gasteiger partial charge in [-0.05, 0) is 65.7 Å². The highest BCUT2D eigenvalue weighted by atomic mass is 32.1. The molecule has 0 saturated heterocycles. The molecule has 1 atom stereocenters. The molecule has 0 aliphatic rings. The molecule has 4 rings (SSSR count). The summed E-state index contributed by atoms with van der Waals surface area (Å²) in [4.78, 5) is 29.4. The zero-order chi connectivity index (χ0) is 26.6. The number of ether oxygens (including phenoxy) is 1. The summed E-state index contributed by atoms with van der Waals surface area (Å²) in [6, 6.07) is 15.3. The van der Waals surface area contributed by atoms with E-state index in [2.05, 4.69) is 4.98 Å². The largest absolute Gasteiger partial charge is 0.489 e. The van der Waals surface area contributed by atoms with E-state index in [4.69, 9.17) is 9.94 Å². The lowest BCUT2D eigenvalue weighted by molar-refractivity contribution is -0.171. The number of para-hydroxylation sites is 1. The zero-order valence-corrected chi connectivity index (χ0v) is 20.3. The number of benzene rings is 2. The summed E-state index contributed by atoms with van der Waals surface area (Å²) in [7, 11) is 0. The van der Waals surface area contributed by atoms with Crippen molar-refractivity contribution in [2.75, 3.05) is 4.90 Å². The molecule has 192 valence electrons. The summed E-state index contributed by atoms with van der Waals surface area (Å²) < 4.78 is 46.6. The highest BCUT2D eigenvalue weighted by Gasteiger charge is 2.46. The van der Waals surface area contributed by atoms with Gasteiger partial charge in [0, 0.05) is 22.3 Å². The van der Waals surface area contributed by atoms with Crippen LogP contribution in [0, 0.1) is 6.92 Å². The number of alkyl halides is 3. The number of anilines is 1. The lowest BCUT2D eigenvalue weighted by Gasteiger charge is -2.32. The van der Waals surface area contributed by atoms with Crippen molar-refractivity contribution in [3.63, 3.8) is 0 Å². The number of nitrogens with zero attached hydrogens (tertiary/aromatic N) is 2. The van der Waals surface area contributed by atoms with Gasteiger partial charge in [0.25, 0.3) is 0 Å². The van der Waals surface area contributed by atoms with Crippen LogP contribution in [0.15, 0.2) is 71.4 Å². The van der Waals surface area contributed by atoms with Crippen molar-refractivity contribution in [3.05, 3.63) is 88.2 Å². The summed E-state index contributed by atoms with van der Waals surface area (Å²) in [6.07, 6.45) is -5.78. The zero-order valence-electron chi connectivity index (χ0n) is 19.5. The Morgan fingerprint density at radius 2 is 1.86 bits per heavy atom. The number of pyridine rings is 1. The number of aromatic nitrogens is 1. The Hall–Kier alpha value is -3.96. The summed E-state index contributed by atoms with van der Waals surface area (Å²) >= 11 is 1.21. The van der Waals surface area contributed by atoms with Gasteiger partial charge in [0.1, 0.15) is 12.4 Å². The van der Waals surface area contributed by atoms with Gasteiger partial charge in [-0.2, -0.15) is 24.5 Å². The van der Waals surface area contributed by atoms with E-state index in [9.17, 15) is 22.8 Å². The molecule has 0 spiro atoms. The first-order valence-electron chi connectivity index (χ1n) is 11.1. The van der Waals surface area contributed by atoms with Crippen LogP contribution in [-0.4, -0.2) is 28.2 Å². The number of rotatable bonds is 8. The Kier molecular flexibility index (Phi) is 7.74. The fourth-order valence-electron chi connectivity index (χ4n) is 4.00. The Morgan fingerprint density at radius 3 is 2.51 bits per heavy atom. The Morgan fingerprint density at radius 1 is 1.14 bits per heavy atom. The molecule has 4 aromatic rings. The van der Waals surface area contributed by atoms with E-state index in [1.54, 1.807) is 10.8 Å². The van der Waals surface area contributed by atoms with Gasteiger partial charge in [-0.1, -0.05) is 18.2 Å². The Balaban J connectivity index is 1.62. The minimum atomic E-state index is -5.20. The molecule has 2 heterocycles. The van der Waals surface area contributed by atoms with E-state index in [0.717, 1.165) is 22.2 Å². The number of amides is 2. The van der Waals surface area contributed by atoms with Crippen LogP contribution < -0.4 is 15.1 Å². The molecule has 1 unspecified atom stereocenters. The standard InChI is InChI=1S/C26H22F3N3O4S/c1-16-12-18(21-4-2-3-5-22(21)30-16)14-36-20-8-6-19(7-9-20)32(25(34)26(27,28)29)23(13-24(33)31-35)17-10-11-37-15-17/h2-12,15,23,35H,13-14H2,1H3,(H,31,33). The molecule has 37 heavy (non-hydrogen) atoms. The highest BCUT2D eigenvalue weighted by Crippen LogP contribution is 2.36. The van der Waals surface area contributed by atoms with Crippen molar-refractivity contribution < 1.29 is 32.7 Å². The van der Waals surface area contributed by atoms with Gasteiger partial charge < -0.3 is 4.74 Å². The van der Waals surface area contributed by atoms with Crippen molar-refractivity contribution in [2.24, 2.45) is 0 Å². The molecule has 11 heteroatoms. The van der Waals surface area contributed by atoms with E-state index in [1.165, 1.54) is 47.1 Å². The second kappa shape index (κ2) is 11.0. The predicted molar refractivity (Wildman–Crippen MR) is 132 cm³/mol. The Bertz CT molecular complexity index is 1390. The van der Waals surface area contributed by atoms with Crippen LogP contribution in [0.1, 0.15) is 29.3 Å². The van der Waals surface area contributed by atoms with E-state index in [-0.39, 0.29) is 12.3 Å². The molecule has 0 aliphatic heterocycles. The number of hydrogen-bond donors (Lipinski definition) is 2. The first-order chi connectivity index (χ1) is 17.7. The second-order valence-electron chi connectivity index (χ2n) is 8.21. The van der Waals surface area contributed by atoms with Crippen LogP contribution in [0.5, 0.6) is 5.75 Å². The van der Waals surface area contributed by atoms with E-state index < -0.39 is 30.5 Å². The smallest absolute Gasteiger partial charge is 0.471 e. The normalized spacial score (nSPS) is 12.2. The first kappa shape index (κ1) is 26.1. The van der Waals surface area contributed by atoms with Gasteiger partial charge in [-0.15, -0.1) is 0 Å². The fourth-order valence-corrected chi connectivity index (χ4v) is 4.70. The maximum Gasteiger partial charge on any atom is 0.471 e. The third kappa shape index (κ3) is 6.07. The van der Waals surface area contributed by atoms with Gasteiger partial charge in [0.05, 0.1) is 18.0 Å². The summed E-state index contributed by atoms with van der Waals surface area (Å²) in [5.41, 5.74) is 4.20. The molecule has 0 saturated carbocycles. The van der Waals surface area contributed by atoms with E-state index in [0.29, 0.717) is 16.2 Å². The van der Waals surface area contributed by atoms with E-state index in [1.807, 2.05) is 37.3 Å². The number of hydrogen-bond acceptors (Lipinski definition) is 6. The SMILES string of the molecule is Cc1cc(COc2ccc(N(C(=O)C(F)(F)F)C(CC(=O)NO)c3ccsc3)cc2)c2ccccc2n1. The predicted octanol–water partition coefficient (Wildman–Crippen LogP) is 5.72. The molecular weight excluding hydrogens is 507 g/mol. The minimum Gasteiger partial charge on any atom is -0.489 e. The van der Waals surface area contributed by atoms with Crippen LogP contribution in [0.4, 0.5) is 18.9 Å². The minimum absolute atomic E-state index is 0.0816. The molecule has 2 aromatic carbocycles. The third-order valence-electron chi connectivity index (χ3n) is 5.64. The van der Waals surface area contributed by atoms with Gasteiger partial charge in [0.2, 0.25) is 5.91 Å². The van der Waals surface area contributed by atoms with Gasteiger partial charge in [-0.3, -0.25) is 24.7 Å². The van der Waals surface area contributed by atoms with Crippen molar-refractivity contribution in [1.82, 2.24) is 10.5 Å². The first-order valence-corrected chi connectivity index (χ1v) is 12.0. The van der Waals surface area contributed by atoms with Crippen molar-refractivity contribution in [2.45, 2.75) is 32.2 Å². The summed E-state index contributed by atoms with van der Waals surface area (Å²) in [5.74, 6) is -2.69. The molecule has 2 N–H and O–H groups in total. The number of fused-ring (bicyclic) bond motifs is 1. The molecule has 0 bridgehead atoms. The second-order valence-corrected chi connectivity index (χ2v) is 8.99. The average molecular weight is 530 g/mol. The lowest BCUT2D eigenvalue weighted by atomic mass is 10.0. The van der Waals surface area contributed by atoms with Crippen molar-refractivity contribution >= 4 is 39.7 Å². The summed E-state index contributed by atoms with van der Waals surface area (Å²) in [6.45, 7) is 2.07. The number of halogens is 3. The molecule has 0 fully saturated rings. The number of nitrogens with one attached hydrogen (secondary N) is 1. The molecular formula is C26H22F3N3O4S. The third-order valence-corrected chi connectivity index (χ3v) is 6.34. The quantitative estimate of drug-likeness (QED) is 0.225.